The van der Waals surface area contributed by atoms with E-state index in [0.717, 1.165) is 16.6 Å². The van der Waals surface area contributed by atoms with Crippen molar-refractivity contribution in [2.75, 3.05) is 6.54 Å². The number of ketones is 1. The highest BCUT2D eigenvalue weighted by Gasteiger charge is 2.24. The Kier molecular flexibility index (Phi) is 6.21. The van der Waals surface area contributed by atoms with E-state index in [0.29, 0.717) is 12.0 Å². The molecular weight excluding hydrogens is 302 g/mol. The second-order valence-corrected chi connectivity index (χ2v) is 6.65. The van der Waals surface area contributed by atoms with E-state index in [2.05, 4.69) is 48.5 Å². The molecule has 0 saturated heterocycles. The van der Waals surface area contributed by atoms with Gasteiger partial charge in [0.25, 0.3) is 0 Å². The molecule has 0 aromatic heterocycles. The van der Waals surface area contributed by atoms with Crippen LogP contribution in [0.4, 0.5) is 0 Å². The van der Waals surface area contributed by atoms with Crippen LogP contribution in [0.5, 0.6) is 0 Å². The number of hydrogen-bond donors (Lipinski definition) is 0. The summed E-state index contributed by atoms with van der Waals surface area (Å²) in [6.07, 6.45) is 0. The summed E-state index contributed by atoms with van der Waals surface area (Å²) in [6.45, 7) is 11.6. The summed E-state index contributed by atoms with van der Waals surface area (Å²) in [5.74, 6) is 0.754. The minimum Gasteiger partial charge on any atom is -0.292 e. The van der Waals surface area contributed by atoms with Crippen LogP contribution in [-0.2, 0) is 0 Å². The second-order valence-electron chi connectivity index (χ2n) is 5.73. The molecule has 0 heterocycles. The van der Waals surface area contributed by atoms with Crippen LogP contribution in [0.3, 0.4) is 0 Å². The summed E-state index contributed by atoms with van der Waals surface area (Å²) in [4.78, 5) is 14.8. The summed E-state index contributed by atoms with van der Waals surface area (Å²) in [5, 5.41) is 0. The second kappa shape index (κ2) is 7.20. The molecule has 0 aliphatic carbocycles. The van der Waals surface area contributed by atoms with Gasteiger partial charge in [0.2, 0.25) is 0 Å². The number of hydrogen-bond acceptors (Lipinski definition) is 2. The van der Waals surface area contributed by atoms with Gasteiger partial charge in [-0.25, -0.2) is 0 Å². The molecule has 0 aliphatic rings. The zero-order valence-electron chi connectivity index (χ0n) is 12.5. The van der Waals surface area contributed by atoms with Crippen LogP contribution in [0, 0.1) is 5.92 Å². The Morgan fingerprint density at radius 1 is 1.11 bits per heavy atom. The highest BCUT2D eigenvalue weighted by molar-refractivity contribution is 9.10. The lowest BCUT2D eigenvalue weighted by atomic mass is 10.0. The average Bonchev–Trinajstić information content (AvgIpc) is 2.34. The Labute approximate surface area is 125 Å². The third kappa shape index (κ3) is 4.73. The third-order valence-corrected chi connectivity index (χ3v) is 3.77. The predicted octanol–water partition coefficient (Wildman–Crippen LogP) is 4.39. The van der Waals surface area contributed by atoms with Crippen molar-refractivity contribution in [2.24, 2.45) is 5.92 Å². The van der Waals surface area contributed by atoms with Gasteiger partial charge < -0.3 is 0 Å². The maximum Gasteiger partial charge on any atom is 0.179 e. The zero-order valence-corrected chi connectivity index (χ0v) is 14.1. The largest absolute Gasteiger partial charge is 0.292 e. The highest BCUT2D eigenvalue weighted by Crippen LogP contribution is 2.16. The first-order valence-corrected chi connectivity index (χ1v) is 7.67. The third-order valence-electron chi connectivity index (χ3n) is 3.24. The normalized spacial score (nSPS) is 13.3. The molecule has 0 fully saturated rings. The van der Waals surface area contributed by atoms with Gasteiger partial charge in [0.05, 0.1) is 6.04 Å². The van der Waals surface area contributed by atoms with Crippen molar-refractivity contribution in [1.82, 2.24) is 4.90 Å². The maximum absolute atomic E-state index is 12.5. The van der Waals surface area contributed by atoms with Crippen molar-refractivity contribution in [3.63, 3.8) is 0 Å². The summed E-state index contributed by atoms with van der Waals surface area (Å²) >= 11 is 3.39. The molecule has 2 nitrogen and oxygen atoms in total. The average molecular weight is 326 g/mol. The highest BCUT2D eigenvalue weighted by atomic mass is 79.9. The molecule has 1 aromatic carbocycles. The zero-order chi connectivity index (χ0) is 14.6. The molecule has 106 valence electrons. The lowest BCUT2D eigenvalue weighted by molar-refractivity contribution is 0.0763. The summed E-state index contributed by atoms with van der Waals surface area (Å²) in [6, 6.07) is 7.90. The fourth-order valence-corrected chi connectivity index (χ4v) is 2.51. The Morgan fingerprint density at radius 3 is 2.05 bits per heavy atom. The van der Waals surface area contributed by atoms with Crippen LogP contribution >= 0.6 is 15.9 Å². The number of carbonyl (C=O) groups is 1. The first kappa shape index (κ1) is 16.4. The van der Waals surface area contributed by atoms with Crippen molar-refractivity contribution in [2.45, 2.75) is 46.7 Å². The van der Waals surface area contributed by atoms with Crippen LogP contribution < -0.4 is 0 Å². The van der Waals surface area contributed by atoms with Crippen molar-refractivity contribution in [1.29, 1.82) is 0 Å². The predicted molar refractivity (Wildman–Crippen MR) is 84.6 cm³/mol. The molecule has 3 heteroatoms. The van der Waals surface area contributed by atoms with Crippen LogP contribution in [0.2, 0.25) is 0 Å². The molecule has 0 amide bonds. The molecule has 1 unspecified atom stereocenters. The first-order chi connectivity index (χ1) is 8.82. The van der Waals surface area contributed by atoms with Crippen molar-refractivity contribution in [3.8, 4) is 0 Å². The molecule has 0 saturated carbocycles. The standard InChI is InChI=1S/C16H24BrNO/c1-11(2)10-18(12(3)4)13(5)16(19)14-6-8-15(17)9-7-14/h6-9,11-13H,10H2,1-5H3. The number of halogens is 1. The van der Waals surface area contributed by atoms with Crippen molar-refractivity contribution in [3.05, 3.63) is 34.3 Å². The Hall–Kier alpha value is -0.670. The smallest absolute Gasteiger partial charge is 0.179 e. The van der Waals surface area contributed by atoms with Gasteiger partial charge in [-0.2, -0.15) is 0 Å². The molecule has 1 atom stereocenters. The van der Waals surface area contributed by atoms with Gasteiger partial charge in [0, 0.05) is 22.6 Å². The van der Waals surface area contributed by atoms with Crippen LogP contribution in [0.1, 0.15) is 45.0 Å². The molecular formula is C16H24BrNO. The van der Waals surface area contributed by atoms with Crippen LogP contribution in [0.25, 0.3) is 0 Å². The monoisotopic (exact) mass is 325 g/mol. The molecule has 0 aliphatic heterocycles. The number of nitrogens with zero attached hydrogens (tertiary/aromatic N) is 1. The quantitative estimate of drug-likeness (QED) is 0.723. The summed E-state index contributed by atoms with van der Waals surface area (Å²) in [7, 11) is 0. The number of benzene rings is 1. The van der Waals surface area contributed by atoms with Gasteiger partial charge in [0.1, 0.15) is 0 Å². The molecule has 19 heavy (non-hydrogen) atoms. The fourth-order valence-electron chi connectivity index (χ4n) is 2.24. The Morgan fingerprint density at radius 2 is 1.63 bits per heavy atom. The van der Waals surface area contributed by atoms with E-state index in [4.69, 9.17) is 0 Å². The molecule has 1 rings (SSSR count). The van der Waals surface area contributed by atoms with E-state index in [1.54, 1.807) is 0 Å². The minimum atomic E-state index is -0.0800. The lowest BCUT2D eigenvalue weighted by Gasteiger charge is -2.33. The molecule has 0 radical (unpaired) electrons. The van der Waals surface area contributed by atoms with Gasteiger partial charge in [0.15, 0.2) is 5.78 Å². The number of rotatable bonds is 6. The molecule has 0 bridgehead atoms. The Bertz CT molecular complexity index is 411. The minimum absolute atomic E-state index is 0.0800. The van der Waals surface area contributed by atoms with Gasteiger partial charge in [-0.15, -0.1) is 0 Å². The van der Waals surface area contributed by atoms with Crippen molar-refractivity contribution < 1.29 is 4.79 Å². The van der Waals surface area contributed by atoms with E-state index >= 15 is 0 Å². The fraction of sp³-hybridized carbons (Fsp3) is 0.562. The summed E-state index contributed by atoms with van der Waals surface area (Å²) in [5.41, 5.74) is 0.783. The molecule has 0 spiro atoms. The number of carbonyl (C=O) groups excluding carboxylic acids is 1. The van der Waals surface area contributed by atoms with E-state index in [-0.39, 0.29) is 11.8 Å². The van der Waals surface area contributed by atoms with E-state index < -0.39 is 0 Å². The number of Topliss-reactive ketones (excluding diaryl/α,β-unsaturated/α-hetero) is 1. The Balaban J connectivity index is 2.86. The lowest BCUT2D eigenvalue weighted by Crippen LogP contribution is -2.45. The van der Waals surface area contributed by atoms with Crippen molar-refractivity contribution >= 4 is 21.7 Å². The molecule has 1 aromatic rings. The van der Waals surface area contributed by atoms with Gasteiger partial charge >= 0.3 is 0 Å². The van der Waals surface area contributed by atoms with E-state index in [1.807, 2.05) is 31.2 Å². The SMILES string of the molecule is CC(C)CN(C(C)C)C(C)C(=O)c1ccc(Br)cc1. The van der Waals surface area contributed by atoms with Gasteiger partial charge in [-0.1, -0.05) is 41.9 Å². The van der Waals surface area contributed by atoms with E-state index in [9.17, 15) is 4.79 Å². The van der Waals surface area contributed by atoms with E-state index in [1.165, 1.54) is 0 Å². The van der Waals surface area contributed by atoms with Gasteiger partial charge in [-0.05, 0) is 38.8 Å². The topological polar surface area (TPSA) is 20.3 Å². The molecule has 0 N–H and O–H groups in total. The van der Waals surface area contributed by atoms with Crippen LogP contribution in [0.15, 0.2) is 28.7 Å². The van der Waals surface area contributed by atoms with Crippen LogP contribution in [-0.4, -0.2) is 29.3 Å². The van der Waals surface area contributed by atoms with Gasteiger partial charge in [-0.3, -0.25) is 9.69 Å². The summed E-state index contributed by atoms with van der Waals surface area (Å²) < 4.78 is 1.000. The first-order valence-electron chi connectivity index (χ1n) is 6.88. The maximum atomic E-state index is 12.5.